The third-order valence-corrected chi connectivity index (χ3v) is 3.70. The van der Waals surface area contributed by atoms with Gasteiger partial charge >= 0.3 is 0 Å². The van der Waals surface area contributed by atoms with Gasteiger partial charge in [0.15, 0.2) is 0 Å². The Balaban J connectivity index is 2.21. The van der Waals surface area contributed by atoms with Crippen LogP contribution in [0.1, 0.15) is 40.0 Å². The Labute approximate surface area is 95.6 Å². The molecule has 0 amide bonds. The average Bonchev–Trinajstić information content (AvgIpc) is 2.29. The highest BCUT2D eigenvalue weighted by molar-refractivity contribution is 4.73. The van der Waals surface area contributed by atoms with Gasteiger partial charge in [-0.3, -0.25) is 0 Å². The molecule has 1 unspecified atom stereocenters. The molecule has 0 bridgehead atoms. The summed E-state index contributed by atoms with van der Waals surface area (Å²) >= 11 is 0. The lowest BCUT2D eigenvalue weighted by Crippen LogP contribution is -2.47. The van der Waals surface area contributed by atoms with Crippen LogP contribution in [-0.4, -0.2) is 49.1 Å². The summed E-state index contributed by atoms with van der Waals surface area (Å²) in [6, 6.07) is 0. The van der Waals surface area contributed by atoms with Crippen molar-refractivity contribution >= 4 is 0 Å². The summed E-state index contributed by atoms with van der Waals surface area (Å²) in [4.78, 5) is 5.22. The predicted molar refractivity (Wildman–Crippen MR) is 67.2 cm³/mol. The van der Waals surface area contributed by atoms with Crippen molar-refractivity contribution < 1.29 is 0 Å². The molecule has 0 N–H and O–H groups in total. The minimum Gasteiger partial charge on any atom is -0.301 e. The van der Waals surface area contributed by atoms with E-state index in [0.717, 1.165) is 5.92 Å². The standard InChI is InChI=1S/C13H28N2/c1-4-7-13(5-2)12-15-10-8-14(6-3)9-11-15/h13H,4-12H2,1-3H3. The highest BCUT2D eigenvalue weighted by Gasteiger charge is 2.17. The zero-order valence-electron chi connectivity index (χ0n) is 10.8. The maximum absolute atomic E-state index is 2.66. The van der Waals surface area contributed by atoms with E-state index >= 15 is 0 Å². The molecule has 1 aliphatic rings. The molecule has 2 nitrogen and oxygen atoms in total. The summed E-state index contributed by atoms with van der Waals surface area (Å²) in [7, 11) is 0. The van der Waals surface area contributed by atoms with E-state index < -0.39 is 0 Å². The van der Waals surface area contributed by atoms with E-state index in [1.54, 1.807) is 0 Å². The molecule has 1 saturated heterocycles. The van der Waals surface area contributed by atoms with Crippen LogP contribution < -0.4 is 0 Å². The summed E-state index contributed by atoms with van der Waals surface area (Å²) < 4.78 is 0. The van der Waals surface area contributed by atoms with Gasteiger partial charge in [0.1, 0.15) is 0 Å². The van der Waals surface area contributed by atoms with Crippen LogP contribution in [0.3, 0.4) is 0 Å². The SMILES string of the molecule is CCCC(CC)CN1CCN(CC)CC1. The van der Waals surface area contributed by atoms with Crippen LogP contribution in [0.25, 0.3) is 0 Å². The maximum Gasteiger partial charge on any atom is 0.0110 e. The van der Waals surface area contributed by atoms with E-state index in [-0.39, 0.29) is 0 Å². The van der Waals surface area contributed by atoms with E-state index in [2.05, 4.69) is 30.6 Å². The molecule has 1 heterocycles. The van der Waals surface area contributed by atoms with Crippen LogP contribution in [0, 0.1) is 5.92 Å². The second-order valence-electron chi connectivity index (χ2n) is 4.80. The van der Waals surface area contributed by atoms with Gasteiger partial charge in [-0.15, -0.1) is 0 Å². The Morgan fingerprint density at radius 2 is 1.53 bits per heavy atom. The van der Waals surface area contributed by atoms with E-state index in [1.807, 2.05) is 0 Å². The van der Waals surface area contributed by atoms with Crippen LogP contribution in [0.4, 0.5) is 0 Å². The molecule has 1 rings (SSSR count). The van der Waals surface area contributed by atoms with E-state index in [4.69, 9.17) is 0 Å². The van der Waals surface area contributed by atoms with Gasteiger partial charge in [-0.25, -0.2) is 0 Å². The lowest BCUT2D eigenvalue weighted by atomic mass is 10.00. The molecule has 1 aliphatic heterocycles. The van der Waals surface area contributed by atoms with Crippen molar-refractivity contribution in [1.29, 1.82) is 0 Å². The van der Waals surface area contributed by atoms with Crippen molar-refractivity contribution in [3.63, 3.8) is 0 Å². The number of likely N-dealkylation sites (N-methyl/N-ethyl adjacent to an activating group) is 1. The van der Waals surface area contributed by atoms with Gasteiger partial charge in [-0.2, -0.15) is 0 Å². The maximum atomic E-state index is 2.66. The molecule has 0 radical (unpaired) electrons. The molecule has 15 heavy (non-hydrogen) atoms. The molecular weight excluding hydrogens is 184 g/mol. The molecular formula is C13H28N2. The van der Waals surface area contributed by atoms with Crippen LogP contribution in [-0.2, 0) is 0 Å². The molecule has 1 atom stereocenters. The second-order valence-corrected chi connectivity index (χ2v) is 4.80. The molecule has 0 aromatic rings. The smallest absolute Gasteiger partial charge is 0.0110 e. The van der Waals surface area contributed by atoms with Gasteiger partial charge in [0.2, 0.25) is 0 Å². The minimum atomic E-state index is 0.933. The third kappa shape index (κ3) is 4.52. The van der Waals surface area contributed by atoms with Crippen LogP contribution in [0.5, 0.6) is 0 Å². The Morgan fingerprint density at radius 3 is 2.00 bits per heavy atom. The molecule has 2 heteroatoms. The summed E-state index contributed by atoms with van der Waals surface area (Å²) in [6.07, 6.45) is 4.10. The van der Waals surface area contributed by atoms with E-state index in [1.165, 1.54) is 58.5 Å². The fourth-order valence-electron chi connectivity index (χ4n) is 2.49. The zero-order valence-corrected chi connectivity index (χ0v) is 10.8. The summed E-state index contributed by atoms with van der Waals surface area (Å²) in [6.45, 7) is 14.6. The van der Waals surface area contributed by atoms with Crippen molar-refractivity contribution in [3.05, 3.63) is 0 Å². The first-order valence-electron chi connectivity index (χ1n) is 6.74. The van der Waals surface area contributed by atoms with Gasteiger partial charge in [0.05, 0.1) is 0 Å². The van der Waals surface area contributed by atoms with Crippen molar-refractivity contribution in [1.82, 2.24) is 9.80 Å². The van der Waals surface area contributed by atoms with Gasteiger partial charge in [0, 0.05) is 32.7 Å². The van der Waals surface area contributed by atoms with E-state index in [0.29, 0.717) is 0 Å². The van der Waals surface area contributed by atoms with Crippen molar-refractivity contribution in [3.8, 4) is 0 Å². The molecule has 0 saturated carbocycles. The number of hydrogen-bond donors (Lipinski definition) is 0. The first-order valence-corrected chi connectivity index (χ1v) is 6.74. The largest absolute Gasteiger partial charge is 0.301 e. The Morgan fingerprint density at radius 1 is 0.933 bits per heavy atom. The molecule has 90 valence electrons. The highest BCUT2D eigenvalue weighted by Crippen LogP contribution is 2.14. The van der Waals surface area contributed by atoms with Crippen LogP contribution >= 0.6 is 0 Å². The predicted octanol–water partition coefficient (Wildman–Crippen LogP) is 2.45. The Kier molecular flexibility index (Phi) is 6.26. The Hall–Kier alpha value is -0.0800. The van der Waals surface area contributed by atoms with Crippen molar-refractivity contribution in [2.24, 2.45) is 5.92 Å². The molecule has 1 fully saturated rings. The van der Waals surface area contributed by atoms with E-state index in [9.17, 15) is 0 Å². The van der Waals surface area contributed by atoms with Gasteiger partial charge in [0.25, 0.3) is 0 Å². The number of rotatable bonds is 6. The fraction of sp³-hybridized carbons (Fsp3) is 1.00. The third-order valence-electron chi connectivity index (χ3n) is 3.70. The lowest BCUT2D eigenvalue weighted by Gasteiger charge is -2.35. The number of nitrogens with zero attached hydrogens (tertiary/aromatic N) is 2. The van der Waals surface area contributed by atoms with Gasteiger partial charge in [-0.1, -0.05) is 33.6 Å². The van der Waals surface area contributed by atoms with Crippen molar-refractivity contribution in [2.45, 2.75) is 40.0 Å². The van der Waals surface area contributed by atoms with Crippen molar-refractivity contribution in [2.75, 3.05) is 39.3 Å². The summed E-state index contributed by atoms with van der Waals surface area (Å²) in [5.41, 5.74) is 0. The normalized spacial score (nSPS) is 21.8. The van der Waals surface area contributed by atoms with Gasteiger partial charge in [-0.05, 0) is 18.9 Å². The summed E-state index contributed by atoms with van der Waals surface area (Å²) in [5.74, 6) is 0.933. The quantitative estimate of drug-likeness (QED) is 0.667. The van der Waals surface area contributed by atoms with Crippen LogP contribution in [0.2, 0.25) is 0 Å². The fourth-order valence-corrected chi connectivity index (χ4v) is 2.49. The second kappa shape index (κ2) is 7.24. The first-order chi connectivity index (χ1) is 7.30. The molecule has 0 aromatic carbocycles. The Bertz CT molecular complexity index is 151. The average molecular weight is 212 g/mol. The number of piperazine rings is 1. The lowest BCUT2D eigenvalue weighted by molar-refractivity contribution is 0.119. The highest BCUT2D eigenvalue weighted by atomic mass is 15.3. The zero-order chi connectivity index (χ0) is 11.1. The topological polar surface area (TPSA) is 6.48 Å². The molecule has 0 spiro atoms. The monoisotopic (exact) mass is 212 g/mol. The first kappa shape index (κ1) is 13.0. The molecule has 0 aromatic heterocycles. The molecule has 0 aliphatic carbocycles. The minimum absolute atomic E-state index is 0.933. The number of hydrogen-bond acceptors (Lipinski definition) is 2. The van der Waals surface area contributed by atoms with Gasteiger partial charge < -0.3 is 9.80 Å². The van der Waals surface area contributed by atoms with Crippen LogP contribution in [0.15, 0.2) is 0 Å². The summed E-state index contributed by atoms with van der Waals surface area (Å²) in [5, 5.41) is 0.